The SMILES string of the molecule is CCOc1c(Cl)cc(C(C)CC)cc1C(N)CN. The zero-order chi connectivity index (χ0) is 13.7. The lowest BCUT2D eigenvalue weighted by Gasteiger charge is -2.20. The van der Waals surface area contributed by atoms with Gasteiger partial charge in [0.25, 0.3) is 0 Å². The highest BCUT2D eigenvalue weighted by Gasteiger charge is 2.17. The maximum absolute atomic E-state index is 6.29. The zero-order valence-corrected chi connectivity index (χ0v) is 12.1. The van der Waals surface area contributed by atoms with E-state index in [1.807, 2.05) is 13.0 Å². The minimum Gasteiger partial charge on any atom is -0.492 e. The summed E-state index contributed by atoms with van der Waals surface area (Å²) in [7, 11) is 0. The third kappa shape index (κ3) is 3.37. The second-order valence-electron chi connectivity index (χ2n) is 4.51. The minimum atomic E-state index is -0.243. The van der Waals surface area contributed by atoms with Crippen LogP contribution in [0, 0.1) is 0 Å². The van der Waals surface area contributed by atoms with Crippen molar-refractivity contribution in [3.05, 3.63) is 28.3 Å². The van der Waals surface area contributed by atoms with Crippen molar-refractivity contribution in [3.8, 4) is 5.75 Å². The topological polar surface area (TPSA) is 61.3 Å². The Kier molecular flexibility index (Phi) is 5.93. The summed E-state index contributed by atoms with van der Waals surface area (Å²) in [4.78, 5) is 0. The molecular weight excluding hydrogens is 248 g/mol. The van der Waals surface area contributed by atoms with Gasteiger partial charge in [-0.25, -0.2) is 0 Å². The number of halogens is 1. The number of benzene rings is 1. The molecule has 0 aromatic heterocycles. The highest BCUT2D eigenvalue weighted by atomic mass is 35.5. The van der Waals surface area contributed by atoms with Crippen LogP contribution >= 0.6 is 11.6 Å². The van der Waals surface area contributed by atoms with Gasteiger partial charge in [0.1, 0.15) is 5.75 Å². The van der Waals surface area contributed by atoms with Crippen LogP contribution in [0.4, 0.5) is 0 Å². The van der Waals surface area contributed by atoms with Gasteiger partial charge in [-0.3, -0.25) is 0 Å². The molecule has 18 heavy (non-hydrogen) atoms. The van der Waals surface area contributed by atoms with Crippen LogP contribution in [0.2, 0.25) is 5.02 Å². The maximum Gasteiger partial charge on any atom is 0.142 e. The number of hydrogen-bond acceptors (Lipinski definition) is 3. The van der Waals surface area contributed by atoms with E-state index >= 15 is 0 Å². The van der Waals surface area contributed by atoms with Gasteiger partial charge < -0.3 is 16.2 Å². The first-order valence-electron chi connectivity index (χ1n) is 6.46. The van der Waals surface area contributed by atoms with Crippen molar-refractivity contribution in [2.75, 3.05) is 13.2 Å². The Morgan fingerprint density at radius 2 is 2.00 bits per heavy atom. The lowest BCUT2D eigenvalue weighted by atomic mass is 9.94. The standard InChI is InChI=1S/C14H23ClN2O/c1-4-9(3)10-6-11(13(17)8-16)14(18-5-2)12(15)7-10/h6-7,9,13H,4-5,8,16-17H2,1-3H3. The molecule has 0 heterocycles. The van der Waals surface area contributed by atoms with E-state index in [0.717, 1.165) is 12.0 Å². The van der Waals surface area contributed by atoms with Gasteiger partial charge in [-0.05, 0) is 30.9 Å². The fraction of sp³-hybridized carbons (Fsp3) is 0.571. The maximum atomic E-state index is 6.29. The Morgan fingerprint density at radius 1 is 1.33 bits per heavy atom. The van der Waals surface area contributed by atoms with E-state index in [1.54, 1.807) is 0 Å². The number of ether oxygens (including phenoxy) is 1. The first-order chi connectivity index (χ1) is 8.54. The van der Waals surface area contributed by atoms with Crippen molar-refractivity contribution in [2.45, 2.75) is 39.2 Å². The van der Waals surface area contributed by atoms with Crippen molar-refractivity contribution in [2.24, 2.45) is 11.5 Å². The molecule has 0 radical (unpaired) electrons. The molecule has 0 spiro atoms. The van der Waals surface area contributed by atoms with E-state index in [4.69, 9.17) is 27.8 Å². The highest BCUT2D eigenvalue weighted by Crippen LogP contribution is 2.36. The molecule has 0 bridgehead atoms. The van der Waals surface area contributed by atoms with Crippen molar-refractivity contribution in [3.63, 3.8) is 0 Å². The van der Waals surface area contributed by atoms with Crippen LogP contribution in [-0.2, 0) is 0 Å². The molecule has 1 rings (SSSR count). The highest BCUT2D eigenvalue weighted by molar-refractivity contribution is 6.32. The number of rotatable bonds is 6. The zero-order valence-electron chi connectivity index (χ0n) is 11.4. The molecule has 0 saturated carbocycles. The molecule has 0 saturated heterocycles. The average Bonchev–Trinajstić information content (AvgIpc) is 2.39. The van der Waals surface area contributed by atoms with Gasteiger partial charge in [-0.1, -0.05) is 31.5 Å². The van der Waals surface area contributed by atoms with E-state index in [9.17, 15) is 0 Å². The van der Waals surface area contributed by atoms with Crippen LogP contribution < -0.4 is 16.2 Å². The number of nitrogens with two attached hydrogens (primary N) is 2. The molecule has 0 amide bonds. The Balaban J connectivity index is 3.27. The van der Waals surface area contributed by atoms with Crippen LogP contribution in [0.5, 0.6) is 5.75 Å². The van der Waals surface area contributed by atoms with E-state index in [1.165, 1.54) is 5.56 Å². The molecule has 1 aromatic carbocycles. The monoisotopic (exact) mass is 270 g/mol. The third-order valence-corrected chi connectivity index (χ3v) is 3.50. The van der Waals surface area contributed by atoms with E-state index in [2.05, 4.69) is 19.9 Å². The Hall–Kier alpha value is -0.770. The molecule has 3 nitrogen and oxygen atoms in total. The summed E-state index contributed by atoms with van der Waals surface area (Å²) in [6, 6.07) is 3.80. The van der Waals surface area contributed by atoms with Gasteiger partial charge >= 0.3 is 0 Å². The molecule has 0 aliphatic carbocycles. The second kappa shape index (κ2) is 6.98. The molecule has 2 unspecified atom stereocenters. The Labute approximate surface area is 114 Å². The smallest absolute Gasteiger partial charge is 0.142 e. The summed E-state index contributed by atoms with van der Waals surface area (Å²) >= 11 is 6.29. The average molecular weight is 271 g/mol. The van der Waals surface area contributed by atoms with Gasteiger partial charge in [0.05, 0.1) is 11.6 Å². The van der Waals surface area contributed by atoms with Crippen molar-refractivity contribution >= 4 is 11.6 Å². The molecule has 0 aliphatic heterocycles. The summed E-state index contributed by atoms with van der Waals surface area (Å²) in [6.07, 6.45) is 1.06. The van der Waals surface area contributed by atoms with Crippen molar-refractivity contribution in [1.29, 1.82) is 0 Å². The molecule has 2 atom stereocenters. The Morgan fingerprint density at radius 3 is 2.50 bits per heavy atom. The summed E-state index contributed by atoms with van der Waals surface area (Å²) in [6.45, 7) is 7.19. The lowest BCUT2D eigenvalue weighted by molar-refractivity contribution is 0.334. The van der Waals surface area contributed by atoms with Gasteiger partial charge in [0.2, 0.25) is 0 Å². The predicted molar refractivity (Wildman–Crippen MR) is 77.3 cm³/mol. The first kappa shape index (κ1) is 15.3. The fourth-order valence-electron chi connectivity index (χ4n) is 1.86. The lowest BCUT2D eigenvalue weighted by Crippen LogP contribution is -2.22. The van der Waals surface area contributed by atoms with Crippen LogP contribution in [0.15, 0.2) is 12.1 Å². The van der Waals surface area contributed by atoms with Gasteiger partial charge in [-0.2, -0.15) is 0 Å². The quantitative estimate of drug-likeness (QED) is 0.834. The van der Waals surface area contributed by atoms with E-state index in [-0.39, 0.29) is 6.04 Å². The molecule has 1 aromatic rings. The van der Waals surface area contributed by atoms with Crippen LogP contribution in [0.3, 0.4) is 0 Å². The molecule has 4 N–H and O–H groups in total. The Bertz CT molecular complexity index is 396. The van der Waals surface area contributed by atoms with Crippen molar-refractivity contribution < 1.29 is 4.74 Å². The van der Waals surface area contributed by atoms with Gasteiger partial charge in [0, 0.05) is 18.2 Å². The fourth-order valence-corrected chi connectivity index (χ4v) is 2.15. The van der Waals surface area contributed by atoms with Gasteiger partial charge in [0.15, 0.2) is 0 Å². The van der Waals surface area contributed by atoms with Crippen molar-refractivity contribution in [1.82, 2.24) is 0 Å². The molecule has 4 heteroatoms. The summed E-state index contributed by atoms with van der Waals surface area (Å²) in [5.41, 5.74) is 13.8. The molecule has 0 fully saturated rings. The third-order valence-electron chi connectivity index (χ3n) is 3.22. The largest absolute Gasteiger partial charge is 0.492 e. The predicted octanol–water partition coefficient (Wildman–Crippen LogP) is 3.21. The van der Waals surface area contributed by atoms with E-state index < -0.39 is 0 Å². The second-order valence-corrected chi connectivity index (χ2v) is 4.91. The van der Waals surface area contributed by atoms with Crippen LogP contribution in [-0.4, -0.2) is 13.2 Å². The summed E-state index contributed by atoms with van der Waals surface area (Å²) < 4.78 is 5.59. The normalized spacial score (nSPS) is 14.3. The number of hydrogen-bond donors (Lipinski definition) is 2. The summed E-state index contributed by atoms with van der Waals surface area (Å²) in [5.74, 6) is 1.12. The van der Waals surface area contributed by atoms with Crippen LogP contribution in [0.25, 0.3) is 0 Å². The first-order valence-corrected chi connectivity index (χ1v) is 6.84. The molecular formula is C14H23ClN2O. The van der Waals surface area contributed by atoms with Gasteiger partial charge in [-0.15, -0.1) is 0 Å². The minimum absolute atomic E-state index is 0.243. The van der Waals surface area contributed by atoms with Crippen LogP contribution in [0.1, 0.15) is 50.3 Å². The summed E-state index contributed by atoms with van der Waals surface area (Å²) in [5, 5.41) is 0.619. The molecule has 0 aliphatic rings. The molecule has 102 valence electrons. The van der Waals surface area contributed by atoms with E-state index in [0.29, 0.717) is 29.8 Å².